The van der Waals surface area contributed by atoms with Crippen LogP contribution in [0.3, 0.4) is 0 Å². The lowest BCUT2D eigenvalue weighted by atomic mass is 9.95. The second kappa shape index (κ2) is 5.54. The number of fused-ring (bicyclic) bond motifs is 2. The fourth-order valence-corrected chi connectivity index (χ4v) is 3.14. The number of rotatable bonds is 1. The maximum atomic E-state index is 12.2. The van der Waals surface area contributed by atoms with E-state index < -0.39 is 11.8 Å². The Hall–Kier alpha value is -3.05. The molecule has 1 fully saturated rings. The Labute approximate surface area is 143 Å². The largest absolute Gasteiger partial charge is 0.299 e. The summed E-state index contributed by atoms with van der Waals surface area (Å²) in [4.78, 5) is 24.3. The van der Waals surface area contributed by atoms with E-state index in [0.717, 1.165) is 27.1 Å². The quantitative estimate of drug-likeness (QED) is 0.312. The molecule has 0 atom stereocenters. The van der Waals surface area contributed by atoms with Gasteiger partial charge in [0.05, 0.1) is 0 Å². The van der Waals surface area contributed by atoms with Crippen molar-refractivity contribution in [2.75, 3.05) is 0 Å². The van der Waals surface area contributed by atoms with E-state index in [0.29, 0.717) is 0 Å². The molecule has 2 amide bonds. The zero-order chi connectivity index (χ0) is 16.7. The van der Waals surface area contributed by atoms with Crippen molar-refractivity contribution < 1.29 is 9.59 Å². The Morgan fingerprint density at radius 3 is 1.83 bits per heavy atom. The van der Waals surface area contributed by atoms with Gasteiger partial charge < -0.3 is 0 Å². The third kappa shape index (κ3) is 2.35. The molecule has 4 rings (SSSR count). The topological polar surface area (TPSA) is 58.2 Å². The molecular formula is C19H12N2O2S. The predicted molar refractivity (Wildman–Crippen MR) is 98.3 cm³/mol. The summed E-state index contributed by atoms with van der Waals surface area (Å²) in [5, 5.41) is 9.04. The Morgan fingerprint density at radius 2 is 1.29 bits per heavy atom. The van der Waals surface area contributed by atoms with Crippen LogP contribution >= 0.6 is 12.2 Å². The number of hydrogen-bond donors (Lipinski definition) is 2. The van der Waals surface area contributed by atoms with Crippen molar-refractivity contribution in [3.8, 4) is 0 Å². The molecule has 3 aromatic rings. The van der Waals surface area contributed by atoms with E-state index in [1.807, 2.05) is 48.5 Å². The van der Waals surface area contributed by atoms with E-state index in [1.165, 1.54) is 0 Å². The van der Waals surface area contributed by atoms with E-state index in [1.54, 1.807) is 6.08 Å². The van der Waals surface area contributed by atoms with Crippen LogP contribution in [0.5, 0.6) is 0 Å². The smallest absolute Gasteiger partial charge is 0.263 e. The summed E-state index contributed by atoms with van der Waals surface area (Å²) in [6.07, 6.45) is 1.64. The molecule has 0 spiro atoms. The summed E-state index contributed by atoms with van der Waals surface area (Å²) >= 11 is 4.84. The highest BCUT2D eigenvalue weighted by Gasteiger charge is 2.26. The van der Waals surface area contributed by atoms with Crippen LogP contribution in [-0.2, 0) is 9.59 Å². The van der Waals surface area contributed by atoms with Crippen molar-refractivity contribution >= 4 is 56.8 Å². The Kier molecular flexibility index (Phi) is 3.36. The van der Waals surface area contributed by atoms with Gasteiger partial charge in [0.1, 0.15) is 5.57 Å². The number of hydrogen-bond acceptors (Lipinski definition) is 3. The molecule has 0 aromatic heterocycles. The zero-order valence-corrected chi connectivity index (χ0v) is 13.3. The first kappa shape index (κ1) is 14.5. The minimum Gasteiger partial charge on any atom is -0.299 e. The molecule has 0 bridgehead atoms. The highest BCUT2D eigenvalue weighted by molar-refractivity contribution is 7.80. The second-order valence-electron chi connectivity index (χ2n) is 5.53. The van der Waals surface area contributed by atoms with Crippen LogP contribution in [0.4, 0.5) is 0 Å². The molecule has 1 aliphatic rings. The maximum absolute atomic E-state index is 12.2. The third-order valence-electron chi connectivity index (χ3n) is 4.04. The predicted octanol–water partition coefficient (Wildman–Crippen LogP) is 2.91. The van der Waals surface area contributed by atoms with E-state index in [-0.39, 0.29) is 10.7 Å². The molecule has 0 saturated carbocycles. The normalized spacial score (nSPS) is 14.7. The van der Waals surface area contributed by atoms with Crippen molar-refractivity contribution in [1.82, 2.24) is 10.6 Å². The lowest BCUT2D eigenvalue weighted by molar-refractivity contribution is -0.123. The van der Waals surface area contributed by atoms with Crippen LogP contribution < -0.4 is 10.6 Å². The average molecular weight is 332 g/mol. The highest BCUT2D eigenvalue weighted by Crippen LogP contribution is 2.30. The summed E-state index contributed by atoms with van der Waals surface area (Å²) < 4.78 is 0. The Balaban J connectivity index is 2.04. The van der Waals surface area contributed by atoms with Crippen LogP contribution in [-0.4, -0.2) is 16.9 Å². The van der Waals surface area contributed by atoms with Gasteiger partial charge >= 0.3 is 0 Å². The molecule has 0 radical (unpaired) electrons. The van der Waals surface area contributed by atoms with Crippen molar-refractivity contribution in [3.05, 3.63) is 65.7 Å². The molecule has 2 N–H and O–H groups in total. The minimum absolute atomic E-state index is 0.0323. The van der Waals surface area contributed by atoms with Gasteiger partial charge in [-0.15, -0.1) is 0 Å². The summed E-state index contributed by atoms with van der Waals surface area (Å²) in [7, 11) is 0. The van der Waals surface area contributed by atoms with Gasteiger partial charge in [-0.3, -0.25) is 20.2 Å². The van der Waals surface area contributed by atoms with E-state index >= 15 is 0 Å². The molecule has 5 heteroatoms. The van der Waals surface area contributed by atoms with E-state index in [9.17, 15) is 9.59 Å². The first-order chi connectivity index (χ1) is 11.6. The van der Waals surface area contributed by atoms with Gasteiger partial charge in [0.2, 0.25) is 0 Å². The fraction of sp³-hybridized carbons (Fsp3) is 0. The second-order valence-corrected chi connectivity index (χ2v) is 5.94. The van der Waals surface area contributed by atoms with Gasteiger partial charge in [0.15, 0.2) is 5.11 Å². The monoisotopic (exact) mass is 332 g/mol. The van der Waals surface area contributed by atoms with Gasteiger partial charge in [0.25, 0.3) is 11.8 Å². The van der Waals surface area contributed by atoms with Crippen LogP contribution in [0.15, 0.2) is 60.2 Å². The number of thiocarbonyl (C=S) groups is 1. The SMILES string of the molecule is O=C1NC(=S)NC(=O)C1=Cc1c2ccccc2cc2ccccc12. The summed E-state index contributed by atoms with van der Waals surface area (Å²) in [5.74, 6) is -0.971. The number of carbonyl (C=O) groups is 2. The Morgan fingerprint density at radius 1 is 0.792 bits per heavy atom. The molecule has 1 aliphatic heterocycles. The maximum Gasteiger partial charge on any atom is 0.263 e. The van der Waals surface area contributed by atoms with Crippen molar-refractivity contribution in [3.63, 3.8) is 0 Å². The Bertz CT molecular complexity index is 993. The minimum atomic E-state index is -0.485. The molecule has 0 aliphatic carbocycles. The molecule has 4 nitrogen and oxygen atoms in total. The fourth-order valence-electron chi connectivity index (χ4n) is 2.96. The first-order valence-corrected chi connectivity index (χ1v) is 7.83. The van der Waals surface area contributed by atoms with Crippen LogP contribution in [0.2, 0.25) is 0 Å². The van der Waals surface area contributed by atoms with E-state index in [2.05, 4.69) is 16.7 Å². The molecule has 1 heterocycles. The molecular weight excluding hydrogens is 320 g/mol. The lowest BCUT2D eigenvalue weighted by Gasteiger charge is -2.17. The van der Waals surface area contributed by atoms with Crippen LogP contribution in [0.1, 0.15) is 5.56 Å². The number of carbonyl (C=O) groups excluding carboxylic acids is 2. The third-order valence-corrected chi connectivity index (χ3v) is 4.25. The standard InChI is InChI=1S/C19H12N2O2S/c22-17-16(18(23)21-19(24)20-17)10-15-13-7-3-1-5-11(13)9-12-6-2-4-8-14(12)15/h1-10H,(H2,20,21,22,23,24). The van der Waals surface area contributed by atoms with Crippen molar-refractivity contribution in [2.24, 2.45) is 0 Å². The van der Waals surface area contributed by atoms with Crippen molar-refractivity contribution in [2.45, 2.75) is 0 Å². The molecule has 3 aromatic carbocycles. The molecule has 0 unspecified atom stereocenters. The highest BCUT2D eigenvalue weighted by atomic mass is 32.1. The van der Waals surface area contributed by atoms with Crippen molar-refractivity contribution in [1.29, 1.82) is 0 Å². The molecule has 116 valence electrons. The summed E-state index contributed by atoms with van der Waals surface area (Å²) in [6, 6.07) is 17.9. The molecule has 24 heavy (non-hydrogen) atoms. The van der Waals surface area contributed by atoms with E-state index in [4.69, 9.17) is 12.2 Å². The molecule has 1 saturated heterocycles. The number of amides is 2. The van der Waals surface area contributed by atoms with Gasteiger partial charge in [0, 0.05) is 0 Å². The number of benzene rings is 3. The van der Waals surface area contributed by atoms with Crippen LogP contribution in [0.25, 0.3) is 27.6 Å². The first-order valence-electron chi connectivity index (χ1n) is 7.42. The lowest BCUT2D eigenvalue weighted by Crippen LogP contribution is -2.51. The zero-order valence-electron chi connectivity index (χ0n) is 12.5. The van der Waals surface area contributed by atoms with Crippen LogP contribution in [0, 0.1) is 0 Å². The summed E-state index contributed by atoms with van der Waals surface area (Å²) in [5.41, 5.74) is 0.891. The van der Waals surface area contributed by atoms with Gasteiger partial charge in [-0.05, 0) is 51.5 Å². The number of nitrogens with one attached hydrogen (secondary N) is 2. The van der Waals surface area contributed by atoms with Gasteiger partial charge in [-0.2, -0.15) is 0 Å². The average Bonchev–Trinajstić information content (AvgIpc) is 2.57. The van der Waals surface area contributed by atoms with Gasteiger partial charge in [-0.25, -0.2) is 0 Å². The van der Waals surface area contributed by atoms with Gasteiger partial charge in [-0.1, -0.05) is 48.5 Å². The summed E-state index contributed by atoms with van der Waals surface area (Å²) in [6.45, 7) is 0.